The standard InChI is InChI=1S/C22H29N3O2S2/c1-14-11-18(13-29-14)20(26)24-12-15-5-7-16(8-6-15)19(22-23-9-10-28-22)25-21(27)17-3-2-4-17/h9-11,13,15-17,19H,2-8,12H2,1H3,(H,24,26)(H,25,27). The van der Waals surface area contributed by atoms with Gasteiger partial charge >= 0.3 is 0 Å². The van der Waals surface area contributed by atoms with E-state index in [0.29, 0.717) is 11.8 Å². The highest BCUT2D eigenvalue weighted by atomic mass is 32.1. The maximum Gasteiger partial charge on any atom is 0.252 e. The molecule has 2 aromatic rings. The zero-order valence-corrected chi connectivity index (χ0v) is 18.5. The van der Waals surface area contributed by atoms with Gasteiger partial charge < -0.3 is 10.6 Å². The molecular weight excluding hydrogens is 402 g/mol. The number of thiazole rings is 1. The monoisotopic (exact) mass is 431 g/mol. The molecule has 2 aromatic heterocycles. The number of nitrogens with zero attached hydrogens (tertiary/aromatic N) is 1. The molecule has 2 fully saturated rings. The van der Waals surface area contributed by atoms with E-state index in [9.17, 15) is 9.59 Å². The minimum absolute atomic E-state index is 0.0323. The number of hydrogen-bond acceptors (Lipinski definition) is 5. The number of carbonyl (C=O) groups is 2. The molecule has 2 saturated carbocycles. The van der Waals surface area contributed by atoms with Crippen molar-refractivity contribution in [2.45, 2.75) is 57.9 Å². The molecule has 4 rings (SSSR count). The van der Waals surface area contributed by atoms with E-state index in [1.165, 1.54) is 6.42 Å². The van der Waals surface area contributed by atoms with Gasteiger partial charge in [-0.05, 0) is 63.4 Å². The molecule has 7 heteroatoms. The second-order valence-electron chi connectivity index (χ2n) is 8.42. The third kappa shape index (κ3) is 5.07. The zero-order chi connectivity index (χ0) is 20.2. The molecule has 5 nitrogen and oxygen atoms in total. The van der Waals surface area contributed by atoms with Gasteiger partial charge in [-0.15, -0.1) is 22.7 Å². The predicted octanol–water partition coefficient (Wildman–Crippen LogP) is 4.71. The van der Waals surface area contributed by atoms with E-state index in [1.54, 1.807) is 22.7 Å². The second-order valence-corrected chi connectivity index (χ2v) is 10.5. The van der Waals surface area contributed by atoms with E-state index in [1.807, 2.05) is 29.9 Å². The minimum Gasteiger partial charge on any atom is -0.352 e. The summed E-state index contributed by atoms with van der Waals surface area (Å²) in [5.74, 6) is 1.37. The number of amides is 2. The number of thiophene rings is 1. The number of carbonyl (C=O) groups excluding carboxylic acids is 2. The molecule has 2 aliphatic carbocycles. The maximum absolute atomic E-state index is 12.6. The summed E-state index contributed by atoms with van der Waals surface area (Å²) in [6.07, 6.45) is 9.32. The Labute approximate surface area is 180 Å². The Morgan fingerprint density at radius 2 is 1.97 bits per heavy atom. The molecule has 0 aliphatic heterocycles. The molecule has 156 valence electrons. The first kappa shape index (κ1) is 20.5. The summed E-state index contributed by atoms with van der Waals surface area (Å²) >= 11 is 3.25. The molecule has 0 radical (unpaired) electrons. The molecule has 2 aliphatic rings. The van der Waals surface area contributed by atoms with Crippen molar-refractivity contribution in [1.29, 1.82) is 0 Å². The SMILES string of the molecule is Cc1cc(C(=O)NCC2CCC(C(NC(=O)C3CCC3)c3nccs3)CC2)cs1. The second kappa shape index (κ2) is 9.39. The van der Waals surface area contributed by atoms with Gasteiger partial charge in [-0.2, -0.15) is 0 Å². The van der Waals surface area contributed by atoms with Crippen LogP contribution in [0.1, 0.15) is 71.2 Å². The van der Waals surface area contributed by atoms with E-state index in [4.69, 9.17) is 0 Å². The van der Waals surface area contributed by atoms with Crippen LogP contribution in [0, 0.1) is 24.7 Å². The lowest BCUT2D eigenvalue weighted by atomic mass is 9.78. The van der Waals surface area contributed by atoms with Gasteiger partial charge in [0.1, 0.15) is 5.01 Å². The molecule has 0 saturated heterocycles. The summed E-state index contributed by atoms with van der Waals surface area (Å²) in [5.41, 5.74) is 0.767. The van der Waals surface area contributed by atoms with Crippen LogP contribution in [-0.2, 0) is 4.79 Å². The van der Waals surface area contributed by atoms with Crippen LogP contribution in [0.15, 0.2) is 23.0 Å². The highest BCUT2D eigenvalue weighted by Gasteiger charge is 2.34. The summed E-state index contributed by atoms with van der Waals surface area (Å²) in [5, 5.41) is 11.4. The number of aromatic nitrogens is 1. The van der Waals surface area contributed by atoms with Crippen molar-refractivity contribution in [3.05, 3.63) is 38.5 Å². The Bertz CT molecular complexity index is 821. The van der Waals surface area contributed by atoms with Crippen LogP contribution < -0.4 is 10.6 Å². The van der Waals surface area contributed by atoms with Gasteiger partial charge in [-0.25, -0.2) is 4.98 Å². The fourth-order valence-electron chi connectivity index (χ4n) is 4.34. The first-order valence-corrected chi connectivity index (χ1v) is 12.4. The van der Waals surface area contributed by atoms with Crippen molar-refractivity contribution in [3.63, 3.8) is 0 Å². The molecule has 0 aromatic carbocycles. The van der Waals surface area contributed by atoms with Gasteiger partial charge in [0.2, 0.25) is 5.91 Å². The highest BCUT2D eigenvalue weighted by Crippen LogP contribution is 2.38. The van der Waals surface area contributed by atoms with Crippen molar-refractivity contribution >= 4 is 34.5 Å². The number of rotatable bonds is 7. The predicted molar refractivity (Wildman–Crippen MR) is 117 cm³/mol. The topological polar surface area (TPSA) is 71.1 Å². The lowest BCUT2D eigenvalue weighted by molar-refractivity contribution is -0.128. The van der Waals surface area contributed by atoms with Gasteiger partial charge in [0.05, 0.1) is 11.6 Å². The summed E-state index contributed by atoms with van der Waals surface area (Å²) in [6, 6.07) is 1.98. The van der Waals surface area contributed by atoms with Crippen LogP contribution >= 0.6 is 22.7 Å². The molecule has 2 heterocycles. The van der Waals surface area contributed by atoms with Gasteiger partial charge in [0.15, 0.2) is 0 Å². The van der Waals surface area contributed by atoms with Crippen molar-refractivity contribution in [3.8, 4) is 0 Å². The fourth-order valence-corrected chi connectivity index (χ4v) is 5.80. The quantitative estimate of drug-likeness (QED) is 0.667. The molecule has 29 heavy (non-hydrogen) atoms. The third-order valence-corrected chi connectivity index (χ3v) is 8.12. The molecule has 2 amide bonds. The molecule has 1 atom stereocenters. The number of hydrogen-bond donors (Lipinski definition) is 2. The van der Waals surface area contributed by atoms with Gasteiger partial charge in [0.25, 0.3) is 5.91 Å². The van der Waals surface area contributed by atoms with Crippen LogP contribution in [0.2, 0.25) is 0 Å². The first-order valence-electron chi connectivity index (χ1n) is 10.6. The minimum atomic E-state index is 0.0323. The van der Waals surface area contributed by atoms with Crippen LogP contribution in [0.3, 0.4) is 0 Å². The largest absolute Gasteiger partial charge is 0.352 e. The normalized spacial score (nSPS) is 23.2. The molecule has 1 unspecified atom stereocenters. The fraction of sp³-hybridized carbons (Fsp3) is 0.591. The Kier molecular flexibility index (Phi) is 6.65. The van der Waals surface area contributed by atoms with E-state index in [2.05, 4.69) is 15.6 Å². The number of aryl methyl sites for hydroxylation is 1. The van der Waals surface area contributed by atoms with Crippen LogP contribution in [-0.4, -0.2) is 23.3 Å². The van der Waals surface area contributed by atoms with E-state index >= 15 is 0 Å². The summed E-state index contributed by atoms with van der Waals surface area (Å²) < 4.78 is 0. The Hall–Kier alpha value is -1.73. The first-order chi connectivity index (χ1) is 14.1. The average Bonchev–Trinajstić information content (AvgIpc) is 3.35. The Morgan fingerprint density at radius 1 is 1.17 bits per heavy atom. The summed E-state index contributed by atoms with van der Waals surface area (Å²) in [6.45, 7) is 2.75. The lowest BCUT2D eigenvalue weighted by Gasteiger charge is -2.35. The zero-order valence-electron chi connectivity index (χ0n) is 16.9. The molecule has 2 N–H and O–H groups in total. The van der Waals surface area contributed by atoms with Gasteiger partial charge in [-0.3, -0.25) is 9.59 Å². The highest BCUT2D eigenvalue weighted by molar-refractivity contribution is 7.10. The molecular formula is C22H29N3O2S2. The van der Waals surface area contributed by atoms with Crippen LogP contribution in [0.5, 0.6) is 0 Å². The Morgan fingerprint density at radius 3 is 2.55 bits per heavy atom. The smallest absolute Gasteiger partial charge is 0.252 e. The van der Waals surface area contributed by atoms with Crippen LogP contribution in [0.25, 0.3) is 0 Å². The van der Waals surface area contributed by atoms with Gasteiger partial charge in [-0.1, -0.05) is 6.42 Å². The van der Waals surface area contributed by atoms with Crippen molar-refractivity contribution in [1.82, 2.24) is 15.6 Å². The van der Waals surface area contributed by atoms with Gasteiger partial charge in [0, 0.05) is 34.3 Å². The molecule has 0 spiro atoms. The van der Waals surface area contributed by atoms with Crippen LogP contribution in [0.4, 0.5) is 0 Å². The van der Waals surface area contributed by atoms with Crippen molar-refractivity contribution in [2.24, 2.45) is 17.8 Å². The summed E-state index contributed by atoms with van der Waals surface area (Å²) in [4.78, 5) is 30.5. The summed E-state index contributed by atoms with van der Waals surface area (Å²) in [7, 11) is 0. The van der Waals surface area contributed by atoms with E-state index in [-0.39, 0.29) is 23.8 Å². The third-order valence-electron chi connectivity index (χ3n) is 6.40. The lowest BCUT2D eigenvalue weighted by Crippen LogP contribution is -2.41. The number of nitrogens with one attached hydrogen (secondary N) is 2. The van der Waals surface area contributed by atoms with Crippen molar-refractivity contribution < 1.29 is 9.59 Å². The van der Waals surface area contributed by atoms with E-state index < -0.39 is 0 Å². The maximum atomic E-state index is 12.6. The van der Waals surface area contributed by atoms with Crippen molar-refractivity contribution in [2.75, 3.05) is 6.54 Å². The average molecular weight is 432 g/mol. The molecule has 0 bridgehead atoms. The van der Waals surface area contributed by atoms with E-state index in [0.717, 1.165) is 60.5 Å². The Balaban J connectivity index is 1.29.